The zero-order valence-electron chi connectivity index (χ0n) is 6.47. The van der Waals surface area contributed by atoms with E-state index in [1.807, 2.05) is 0 Å². The molecule has 0 heterocycles. The summed E-state index contributed by atoms with van der Waals surface area (Å²) in [5.41, 5.74) is 0. The number of hydrogen-bond acceptors (Lipinski definition) is 4. The summed E-state index contributed by atoms with van der Waals surface area (Å²) in [6, 6.07) is 0. The van der Waals surface area contributed by atoms with Gasteiger partial charge in [0.2, 0.25) is 0 Å². The molecule has 66 valence electrons. The maximum Gasteiger partial charge on any atom is 0.127 e. The fourth-order valence-electron chi connectivity index (χ4n) is 0.762. The number of aldehydes is 1. The third kappa shape index (κ3) is 2.96. The Morgan fingerprint density at radius 3 is 2.18 bits per heavy atom. The molecule has 0 aromatic heterocycles. The lowest BCUT2D eigenvalue weighted by atomic mass is 9.94. The van der Waals surface area contributed by atoms with E-state index in [1.54, 1.807) is 6.92 Å². The van der Waals surface area contributed by atoms with Crippen molar-refractivity contribution >= 4 is 6.29 Å². The first-order valence-electron chi connectivity index (χ1n) is 3.52. The predicted molar refractivity (Wildman–Crippen MR) is 38.9 cm³/mol. The molecule has 0 aromatic rings. The van der Waals surface area contributed by atoms with Crippen LogP contribution in [-0.4, -0.2) is 40.9 Å². The van der Waals surface area contributed by atoms with E-state index in [9.17, 15) is 9.90 Å². The van der Waals surface area contributed by atoms with E-state index in [0.29, 0.717) is 6.29 Å². The number of aliphatic hydroxyl groups excluding tert-OH is 3. The minimum Gasteiger partial charge on any atom is -0.396 e. The Labute approximate surface area is 65.5 Å². The third-order valence-corrected chi connectivity index (χ3v) is 1.70. The predicted octanol–water partition coefficient (Wildman–Crippen LogP) is -1.22. The summed E-state index contributed by atoms with van der Waals surface area (Å²) < 4.78 is 0. The normalized spacial score (nSPS) is 18.9. The highest BCUT2D eigenvalue weighted by molar-refractivity contribution is 5.54. The van der Waals surface area contributed by atoms with Crippen molar-refractivity contribution in [2.75, 3.05) is 13.2 Å². The third-order valence-electron chi connectivity index (χ3n) is 1.70. The highest BCUT2D eigenvalue weighted by Crippen LogP contribution is 2.10. The largest absolute Gasteiger partial charge is 0.396 e. The fourth-order valence-corrected chi connectivity index (χ4v) is 0.762. The number of carbonyl (C=O) groups excluding carboxylic acids is 1. The monoisotopic (exact) mass is 162 g/mol. The van der Waals surface area contributed by atoms with Crippen molar-refractivity contribution in [1.82, 2.24) is 0 Å². The molecular formula is C7H14O4. The quantitative estimate of drug-likeness (QED) is 0.443. The molecule has 0 aliphatic rings. The van der Waals surface area contributed by atoms with Gasteiger partial charge in [-0.1, -0.05) is 6.92 Å². The van der Waals surface area contributed by atoms with Crippen LogP contribution in [0.1, 0.15) is 6.92 Å². The van der Waals surface area contributed by atoms with Crippen molar-refractivity contribution in [3.63, 3.8) is 0 Å². The molecule has 0 aromatic carbocycles. The summed E-state index contributed by atoms with van der Waals surface area (Å²) in [5.74, 6) is -1.16. The van der Waals surface area contributed by atoms with Crippen LogP contribution in [0.15, 0.2) is 0 Å². The number of aliphatic hydroxyl groups is 3. The second-order valence-corrected chi connectivity index (χ2v) is 2.63. The molecule has 3 N–H and O–H groups in total. The Morgan fingerprint density at radius 2 is 1.91 bits per heavy atom. The van der Waals surface area contributed by atoms with Gasteiger partial charge in [-0.05, 0) is 0 Å². The van der Waals surface area contributed by atoms with E-state index < -0.39 is 12.0 Å². The van der Waals surface area contributed by atoms with E-state index in [1.165, 1.54) is 0 Å². The molecule has 0 aliphatic heterocycles. The van der Waals surface area contributed by atoms with Gasteiger partial charge in [-0.2, -0.15) is 0 Å². The minimum atomic E-state index is -0.956. The Kier molecular flexibility index (Phi) is 5.02. The van der Waals surface area contributed by atoms with Gasteiger partial charge in [-0.15, -0.1) is 0 Å². The number of hydrogen-bond donors (Lipinski definition) is 3. The van der Waals surface area contributed by atoms with E-state index in [0.717, 1.165) is 0 Å². The molecule has 0 spiro atoms. The van der Waals surface area contributed by atoms with Gasteiger partial charge in [-0.25, -0.2) is 0 Å². The van der Waals surface area contributed by atoms with Crippen LogP contribution in [0.25, 0.3) is 0 Å². The first-order valence-corrected chi connectivity index (χ1v) is 3.52. The summed E-state index contributed by atoms with van der Waals surface area (Å²) in [4.78, 5) is 10.2. The molecule has 0 bridgehead atoms. The summed E-state index contributed by atoms with van der Waals surface area (Å²) in [7, 11) is 0. The average molecular weight is 162 g/mol. The van der Waals surface area contributed by atoms with Crippen molar-refractivity contribution in [3.8, 4) is 0 Å². The lowest BCUT2D eigenvalue weighted by Gasteiger charge is -2.20. The maximum atomic E-state index is 10.2. The lowest BCUT2D eigenvalue weighted by Crippen LogP contribution is -2.32. The Balaban J connectivity index is 3.96. The molecule has 0 saturated heterocycles. The van der Waals surface area contributed by atoms with Crippen molar-refractivity contribution in [2.24, 2.45) is 11.8 Å². The van der Waals surface area contributed by atoms with Crippen LogP contribution < -0.4 is 0 Å². The van der Waals surface area contributed by atoms with Crippen LogP contribution in [0.2, 0.25) is 0 Å². The smallest absolute Gasteiger partial charge is 0.127 e. The topological polar surface area (TPSA) is 77.8 Å². The van der Waals surface area contributed by atoms with Gasteiger partial charge in [0.15, 0.2) is 0 Å². The van der Waals surface area contributed by atoms with Gasteiger partial charge in [0.05, 0.1) is 18.6 Å². The molecular weight excluding hydrogens is 148 g/mol. The van der Waals surface area contributed by atoms with Gasteiger partial charge >= 0.3 is 0 Å². The maximum absolute atomic E-state index is 10.2. The van der Waals surface area contributed by atoms with Crippen molar-refractivity contribution in [3.05, 3.63) is 0 Å². The second-order valence-electron chi connectivity index (χ2n) is 2.63. The molecule has 4 heteroatoms. The molecule has 0 fully saturated rings. The van der Waals surface area contributed by atoms with Crippen LogP contribution in [-0.2, 0) is 4.79 Å². The Bertz CT molecular complexity index is 115. The van der Waals surface area contributed by atoms with Gasteiger partial charge in [0, 0.05) is 12.5 Å². The molecule has 0 amide bonds. The van der Waals surface area contributed by atoms with Crippen molar-refractivity contribution in [2.45, 2.75) is 13.0 Å². The van der Waals surface area contributed by atoms with Gasteiger partial charge < -0.3 is 20.1 Å². The summed E-state index contributed by atoms with van der Waals surface area (Å²) in [5, 5.41) is 26.4. The van der Waals surface area contributed by atoms with E-state index >= 15 is 0 Å². The highest BCUT2D eigenvalue weighted by atomic mass is 16.3. The molecule has 0 aliphatic carbocycles. The van der Waals surface area contributed by atoms with Crippen molar-refractivity contribution in [1.29, 1.82) is 0 Å². The minimum absolute atomic E-state index is 0.189. The van der Waals surface area contributed by atoms with Crippen LogP contribution in [0, 0.1) is 11.8 Å². The molecule has 0 radical (unpaired) electrons. The molecule has 4 nitrogen and oxygen atoms in total. The molecule has 3 atom stereocenters. The van der Waals surface area contributed by atoms with Crippen molar-refractivity contribution < 1.29 is 20.1 Å². The number of carbonyl (C=O) groups is 1. The van der Waals surface area contributed by atoms with Gasteiger partial charge in [0.1, 0.15) is 6.29 Å². The summed E-state index contributed by atoms with van der Waals surface area (Å²) in [6.07, 6.45) is -0.459. The fraction of sp³-hybridized carbons (Fsp3) is 0.857. The van der Waals surface area contributed by atoms with Crippen LogP contribution in [0.4, 0.5) is 0 Å². The SMILES string of the molecule is CC(CO)C(O)C(C=O)CO. The number of rotatable bonds is 5. The first-order chi connectivity index (χ1) is 5.17. The zero-order valence-corrected chi connectivity index (χ0v) is 6.47. The standard InChI is InChI=1S/C7H14O4/c1-5(2-8)7(11)6(3-9)4-10/h3,5-8,10-11H,2,4H2,1H3. The Hall–Kier alpha value is -0.450. The van der Waals surface area contributed by atoms with Gasteiger partial charge in [0.25, 0.3) is 0 Å². The zero-order chi connectivity index (χ0) is 8.85. The molecule has 11 heavy (non-hydrogen) atoms. The van der Waals surface area contributed by atoms with Crippen LogP contribution in [0.5, 0.6) is 0 Å². The average Bonchev–Trinajstić information content (AvgIpc) is 2.05. The highest BCUT2D eigenvalue weighted by Gasteiger charge is 2.22. The van der Waals surface area contributed by atoms with Gasteiger partial charge in [-0.3, -0.25) is 0 Å². The summed E-state index contributed by atoms with van der Waals surface area (Å²) in [6.45, 7) is 1.04. The van der Waals surface area contributed by atoms with E-state index in [-0.39, 0.29) is 19.1 Å². The second kappa shape index (κ2) is 5.23. The summed E-state index contributed by atoms with van der Waals surface area (Å²) >= 11 is 0. The van der Waals surface area contributed by atoms with E-state index in [4.69, 9.17) is 10.2 Å². The molecule has 3 unspecified atom stereocenters. The van der Waals surface area contributed by atoms with Crippen LogP contribution in [0.3, 0.4) is 0 Å². The molecule has 0 rings (SSSR count). The van der Waals surface area contributed by atoms with E-state index in [2.05, 4.69) is 0 Å². The Morgan fingerprint density at radius 1 is 1.36 bits per heavy atom. The van der Waals surface area contributed by atoms with Crippen LogP contribution >= 0.6 is 0 Å². The molecule has 0 saturated carbocycles. The first kappa shape index (κ1) is 10.6. The lowest BCUT2D eigenvalue weighted by molar-refractivity contribution is -0.117.